The predicted octanol–water partition coefficient (Wildman–Crippen LogP) is 2.63. The molecular weight excluding hydrogens is 242 g/mol. The van der Waals surface area contributed by atoms with Gasteiger partial charge in [0.05, 0.1) is 17.5 Å². The lowest BCUT2D eigenvalue weighted by Gasteiger charge is -2.22. The Bertz CT molecular complexity index is 595. The molecule has 0 aliphatic rings. The topological polar surface area (TPSA) is 70.4 Å². The van der Waals surface area contributed by atoms with Gasteiger partial charge in [-0.3, -0.25) is 9.78 Å². The van der Waals surface area contributed by atoms with Crippen molar-refractivity contribution in [1.82, 2.24) is 4.98 Å². The van der Waals surface area contributed by atoms with Gasteiger partial charge in [-0.1, -0.05) is 26.0 Å². The molecule has 1 aromatic carbocycles. The van der Waals surface area contributed by atoms with Gasteiger partial charge >= 0.3 is 5.97 Å². The molecule has 0 saturated carbocycles. The molecule has 0 amide bonds. The van der Waals surface area contributed by atoms with Crippen molar-refractivity contribution in [2.24, 2.45) is 11.8 Å². The number of carboxylic acids is 1. The molecule has 0 fully saturated rings. The second kappa shape index (κ2) is 5.36. The molecule has 0 aliphatic heterocycles. The van der Waals surface area contributed by atoms with Crippen LogP contribution in [0.2, 0.25) is 0 Å². The zero-order valence-corrected chi connectivity index (χ0v) is 10.9. The fraction of sp³-hybridized carbons (Fsp3) is 0.333. The molecule has 0 aliphatic carbocycles. The van der Waals surface area contributed by atoms with Crippen molar-refractivity contribution >= 4 is 16.9 Å². The van der Waals surface area contributed by atoms with Gasteiger partial charge in [0, 0.05) is 11.6 Å². The smallest absolute Gasteiger partial charge is 0.309 e. The Morgan fingerprint density at radius 1 is 1.26 bits per heavy atom. The van der Waals surface area contributed by atoms with E-state index in [9.17, 15) is 15.0 Å². The average molecular weight is 259 g/mol. The number of nitrogens with zero attached hydrogens (tertiary/aromatic N) is 1. The Balaban J connectivity index is 2.40. The molecule has 0 spiro atoms. The maximum Gasteiger partial charge on any atom is 0.309 e. The van der Waals surface area contributed by atoms with Crippen molar-refractivity contribution in [3.8, 4) is 0 Å². The van der Waals surface area contributed by atoms with Crippen LogP contribution in [0.15, 0.2) is 36.5 Å². The number of carboxylic acid groups (broad SMARTS) is 1. The van der Waals surface area contributed by atoms with Crippen molar-refractivity contribution in [2.75, 3.05) is 0 Å². The first-order valence-electron chi connectivity index (χ1n) is 6.26. The van der Waals surface area contributed by atoms with E-state index < -0.39 is 18.0 Å². The fourth-order valence-electron chi connectivity index (χ4n) is 2.27. The van der Waals surface area contributed by atoms with Crippen molar-refractivity contribution in [3.63, 3.8) is 0 Å². The minimum atomic E-state index is -1.01. The number of hydrogen-bond donors (Lipinski definition) is 2. The van der Waals surface area contributed by atoms with E-state index >= 15 is 0 Å². The first-order chi connectivity index (χ1) is 9.00. The van der Waals surface area contributed by atoms with Crippen molar-refractivity contribution < 1.29 is 15.0 Å². The predicted molar refractivity (Wildman–Crippen MR) is 72.7 cm³/mol. The van der Waals surface area contributed by atoms with E-state index in [1.807, 2.05) is 12.1 Å². The van der Waals surface area contributed by atoms with Crippen LogP contribution in [-0.2, 0) is 4.79 Å². The molecule has 1 aromatic heterocycles. The highest BCUT2D eigenvalue weighted by molar-refractivity contribution is 5.79. The zero-order valence-electron chi connectivity index (χ0n) is 10.9. The van der Waals surface area contributed by atoms with E-state index in [0.29, 0.717) is 5.56 Å². The normalized spacial score (nSPS) is 14.5. The van der Waals surface area contributed by atoms with Crippen LogP contribution in [0.1, 0.15) is 25.5 Å². The average Bonchev–Trinajstić information content (AvgIpc) is 2.37. The number of aromatic nitrogens is 1. The molecule has 100 valence electrons. The number of pyridine rings is 1. The molecule has 2 aromatic rings. The Morgan fingerprint density at radius 3 is 2.63 bits per heavy atom. The number of aliphatic hydroxyl groups excluding tert-OH is 1. The molecule has 4 nitrogen and oxygen atoms in total. The number of rotatable bonds is 4. The maximum atomic E-state index is 11.2. The Hall–Kier alpha value is -1.94. The number of fused-ring (bicyclic) bond motifs is 1. The zero-order chi connectivity index (χ0) is 14.0. The first-order valence-corrected chi connectivity index (χ1v) is 6.26. The highest BCUT2D eigenvalue weighted by atomic mass is 16.4. The maximum absolute atomic E-state index is 11.2. The summed E-state index contributed by atoms with van der Waals surface area (Å²) in [5, 5.41) is 20.4. The number of benzene rings is 1. The summed E-state index contributed by atoms with van der Waals surface area (Å²) in [5.41, 5.74) is 1.44. The molecule has 1 heterocycles. The summed E-state index contributed by atoms with van der Waals surface area (Å²) in [4.78, 5) is 15.4. The SMILES string of the molecule is CC(C)C(C(=O)O)C(O)c1ccc2ncccc2c1. The molecule has 2 N–H and O–H groups in total. The monoisotopic (exact) mass is 259 g/mol. The first kappa shape index (κ1) is 13.5. The van der Waals surface area contributed by atoms with Crippen LogP contribution in [0.25, 0.3) is 10.9 Å². The quantitative estimate of drug-likeness (QED) is 0.885. The van der Waals surface area contributed by atoms with Crippen molar-refractivity contribution in [2.45, 2.75) is 20.0 Å². The van der Waals surface area contributed by atoms with Crippen LogP contribution in [0.4, 0.5) is 0 Å². The fourth-order valence-corrected chi connectivity index (χ4v) is 2.27. The van der Waals surface area contributed by atoms with Crippen molar-refractivity contribution in [1.29, 1.82) is 0 Å². The third-order valence-electron chi connectivity index (χ3n) is 3.31. The lowest BCUT2D eigenvalue weighted by Crippen LogP contribution is -2.26. The summed E-state index contributed by atoms with van der Waals surface area (Å²) >= 11 is 0. The molecule has 0 radical (unpaired) electrons. The van der Waals surface area contributed by atoms with Crippen LogP contribution in [0.5, 0.6) is 0 Å². The van der Waals surface area contributed by atoms with Gasteiger partial charge in [-0.15, -0.1) is 0 Å². The minimum Gasteiger partial charge on any atom is -0.481 e. The van der Waals surface area contributed by atoms with Crippen LogP contribution in [-0.4, -0.2) is 21.2 Å². The van der Waals surface area contributed by atoms with Gasteiger partial charge in [-0.05, 0) is 29.7 Å². The third kappa shape index (κ3) is 2.74. The van der Waals surface area contributed by atoms with Gasteiger partial charge in [0.15, 0.2) is 0 Å². The summed E-state index contributed by atoms with van der Waals surface area (Å²) in [5.74, 6) is -1.93. The van der Waals surface area contributed by atoms with Gasteiger partial charge in [-0.2, -0.15) is 0 Å². The summed E-state index contributed by atoms with van der Waals surface area (Å²) in [6.07, 6.45) is 0.689. The summed E-state index contributed by atoms with van der Waals surface area (Å²) in [7, 11) is 0. The van der Waals surface area contributed by atoms with E-state index in [2.05, 4.69) is 4.98 Å². The molecule has 2 unspecified atom stereocenters. The van der Waals surface area contributed by atoms with Crippen LogP contribution in [0.3, 0.4) is 0 Å². The van der Waals surface area contributed by atoms with Gasteiger partial charge in [0.2, 0.25) is 0 Å². The molecule has 0 saturated heterocycles. The second-order valence-corrected chi connectivity index (χ2v) is 5.01. The Kier molecular flexibility index (Phi) is 3.81. The van der Waals surface area contributed by atoms with Crippen molar-refractivity contribution in [3.05, 3.63) is 42.1 Å². The number of hydrogen-bond acceptors (Lipinski definition) is 3. The van der Waals surface area contributed by atoms with Crippen LogP contribution >= 0.6 is 0 Å². The highest BCUT2D eigenvalue weighted by Gasteiger charge is 2.30. The van der Waals surface area contributed by atoms with E-state index in [4.69, 9.17) is 0 Å². The lowest BCUT2D eigenvalue weighted by atomic mass is 9.86. The minimum absolute atomic E-state index is 0.142. The largest absolute Gasteiger partial charge is 0.481 e. The van der Waals surface area contributed by atoms with Gasteiger partial charge in [0.25, 0.3) is 0 Å². The van der Waals surface area contributed by atoms with E-state index in [1.165, 1.54) is 0 Å². The molecular formula is C15H17NO3. The number of carbonyl (C=O) groups is 1. The van der Waals surface area contributed by atoms with Gasteiger partial charge < -0.3 is 10.2 Å². The van der Waals surface area contributed by atoms with Crippen LogP contribution in [0, 0.1) is 11.8 Å². The Morgan fingerprint density at radius 2 is 2.00 bits per heavy atom. The van der Waals surface area contributed by atoms with E-state index in [1.54, 1.807) is 38.2 Å². The number of aliphatic hydroxyl groups is 1. The van der Waals surface area contributed by atoms with E-state index in [-0.39, 0.29) is 5.92 Å². The summed E-state index contributed by atoms with van der Waals surface area (Å²) in [6, 6.07) is 9.04. The van der Waals surface area contributed by atoms with E-state index in [0.717, 1.165) is 10.9 Å². The molecule has 2 rings (SSSR count). The molecule has 2 atom stereocenters. The van der Waals surface area contributed by atoms with Gasteiger partial charge in [0.1, 0.15) is 0 Å². The van der Waals surface area contributed by atoms with Crippen LogP contribution < -0.4 is 0 Å². The standard InChI is InChI=1S/C15H17NO3/c1-9(2)13(15(18)19)14(17)11-5-6-12-10(8-11)4-3-7-16-12/h3-9,13-14,17H,1-2H3,(H,18,19). The summed E-state index contributed by atoms with van der Waals surface area (Å²) in [6.45, 7) is 3.59. The third-order valence-corrected chi connectivity index (χ3v) is 3.31. The number of aliphatic carboxylic acids is 1. The molecule has 19 heavy (non-hydrogen) atoms. The van der Waals surface area contributed by atoms with Gasteiger partial charge in [-0.25, -0.2) is 0 Å². The summed E-state index contributed by atoms with van der Waals surface area (Å²) < 4.78 is 0. The second-order valence-electron chi connectivity index (χ2n) is 5.01. The lowest BCUT2D eigenvalue weighted by molar-refractivity contribution is -0.148. The highest BCUT2D eigenvalue weighted by Crippen LogP contribution is 2.29. The molecule has 0 bridgehead atoms. The molecule has 4 heteroatoms. The Labute approximate surface area is 111 Å².